The van der Waals surface area contributed by atoms with Gasteiger partial charge in [0.2, 0.25) is 5.91 Å². The number of nitrogens with zero attached hydrogens (tertiary/aromatic N) is 2. The number of primary amides is 1. The van der Waals surface area contributed by atoms with Crippen molar-refractivity contribution in [1.29, 1.82) is 0 Å². The first-order chi connectivity index (χ1) is 16.6. The number of halogens is 1. The summed E-state index contributed by atoms with van der Waals surface area (Å²) in [6.07, 6.45) is 11.5. The van der Waals surface area contributed by atoms with Gasteiger partial charge in [0.1, 0.15) is 0 Å². The molecule has 186 valence electrons. The fourth-order valence-electron chi connectivity index (χ4n) is 6.62. The van der Waals surface area contributed by atoms with Crippen molar-refractivity contribution in [3.05, 3.63) is 28.9 Å². The summed E-state index contributed by atoms with van der Waals surface area (Å²) in [4.78, 5) is 14.8. The zero-order valence-electron chi connectivity index (χ0n) is 20.1. The number of piperidine rings is 1. The highest BCUT2D eigenvalue weighted by Crippen LogP contribution is 2.39. The van der Waals surface area contributed by atoms with Crippen molar-refractivity contribution < 1.29 is 14.1 Å². The van der Waals surface area contributed by atoms with Crippen LogP contribution in [0.3, 0.4) is 0 Å². The predicted molar refractivity (Wildman–Crippen MR) is 134 cm³/mol. The number of fused-ring (bicyclic) bond motifs is 1. The minimum absolute atomic E-state index is 0.0490. The zero-order chi connectivity index (χ0) is 23.5. The molecule has 2 aromatic rings. The van der Waals surface area contributed by atoms with Gasteiger partial charge in [0.25, 0.3) is 0 Å². The Labute approximate surface area is 207 Å². The lowest BCUT2D eigenvalue weighted by Gasteiger charge is -2.38. The normalized spacial score (nSPS) is 28.2. The molecule has 1 aromatic carbocycles. The van der Waals surface area contributed by atoms with E-state index >= 15 is 0 Å². The van der Waals surface area contributed by atoms with Crippen molar-refractivity contribution >= 4 is 28.5 Å². The maximum Gasteiger partial charge on any atom is 0.223 e. The Balaban J connectivity index is 1.06. The van der Waals surface area contributed by atoms with Gasteiger partial charge < -0.3 is 19.9 Å². The highest BCUT2D eigenvalue weighted by molar-refractivity contribution is 6.31. The van der Waals surface area contributed by atoms with Gasteiger partial charge in [-0.15, -0.1) is 0 Å². The van der Waals surface area contributed by atoms with Crippen LogP contribution in [0.4, 0.5) is 0 Å². The van der Waals surface area contributed by atoms with E-state index in [1.54, 1.807) is 0 Å². The van der Waals surface area contributed by atoms with Crippen molar-refractivity contribution in [2.75, 3.05) is 26.2 Å². The lowest BCUT2D eigenvalue weighted by atomic mass is 9.72. The van der Waals surface area contributed by atoms with Crippen LogP contribution >= 0.6 is 11.6 Å². The van der Waals surface area contributed by atoms with E-state index in [-0.39, 0.29) is 17.9 Å². The topological polar surface area (TPSA) is 81.6 Å². The molecule has 2 aliphatic heterocycles. The SMILES string of the molecule is NC(=O)C(C1CCC(CCN2CCC(c3noc4cc(Cl)ccc34)CC2)CC1)C1CCCCO1. The van der Waals surface area contributed by atoms with Crippen LogP contribution < -0.4 is 5.73 Å². The minimum atomic E-state index is -0.152. The lowest BCUT2D eigenvalue weighted by molar-refractivity contribution is -0.133. The predicted octanol–water partition coefficient (Wildman–Crippen LogP) is 5.53. The molecule has 2 saturated heterocycles. The van der Waals surface area contributed by atoms with Gasteiger partial charge in [-0.25, -0.2) is 0 Å². The summed E-state index contributed by atoms with van der Waals surface area (Å²) in [5, 5.41) is 6.17. The van der Waals surface area contributed by atoms with Gasteiger partial charge in [0.05, 0.1) is 17.7 Å². The number of ether oxygens (including phenoxy) is 1. The van der Waals surface area contributed by atoms with E-state index in [1.165, 1.54) is 25.8 Å². The summed E-state index contributed by atoms with van der Waals surface area (Å²) >= 11 is 6.08. The quantitative estimate of drug-likeness (QED) is 0.555. The fourth-order valence-corrected chi connectivity index (χ4v) is 6.79. The van der Waals surface area contributed by atoms with E-state index in [0.29, 0.717) is 16.9 Å². The minimum Gasteiger partial charge on any atom is -0.377 e. The molecule has 2 atom stereocenters. The monoisotopic (exact) mass is 487 g/mol. The van der Waals surface area contributed by atoms with Gasteiger partial charge in [0, 0.05) is 29.0 Å². The van der Waals surface area contributed by atoms with Crippen LogP contribution in [0.5, 0.6) is 0 Å². The molecule has 1 aromatic heterocycles. The molecule has 5 rings (SSSR count). The van der Waals surface area contributed by atoms with E-state index in [0.717, 1.165) is 87.2 Å². The Morgan fingerprint density at radius 2 is 1.91 bits per heavy atom. The molecule has 3 fully saturated rings. The third-order valence-electron chi connectivity index (χ3n) is 8.63. The van der Waals surface area contributed by atoms with Gasteiger partial charge in [-0.05, 0) is 95.0 Å². The first-order valence-corrected chi connectivity index (χ1v) is 13.6. The van der Waals surface area contributed by atoms with E-state index in [1.807, 2.05) is 18.2 Å². The van der Waals surface area contributed by atoms with Crippen LogP contribution in [0, 0.1) is 17.8 Å². The molecular weight excluding hydrogens is 450 g/mol. The molecule has 3 aliphatic rings. The highest BCUT2D eigenvalue weighted by atomic mass is 35.5. The smallest absolute Gasteiger partial charge is 0.223 e. The average Bonchev–Trinajstić information content (AvgIpc) is 3.27. The van der Waals surface area contributed by atoms with Gasteiger partial charge >= 0.3 is 0 Å². The summed E-state index contributed by atoms with van der Waals surface area (Å²) in [6, 6.07) is 5.81. The molecule has 0 spiro atoms. The molecule has 34 heavy (non-hydrogen) atoms. The van der Waals surface area contributed by atoms with Crippen LogP contribution in [0.25, 0.3) is 11.0 Å². The molecule has 1 aliphatic carbocycles. The number of hydrogen-bond acceptors (Lipinski definition) is 5. The number of carbonyl (C=O) groups excluding carboxylic acids is 1. The highest BCUT2D eigenvalue weighted by Gasteiger charge is 2.37. The largest absolute Gasteiger partial charge is 0.377 e. The van der Waals surface area contributed by atoms with Crippen LogP contribution in [-0.2, 0) is 9.53 Å². The molecule has 1 saturated carbocycles. The Kier molecular flexibility index (Phi) is 7.77. The van der Waals surface area contributed by atoms with Crippen molar-refractivity contribution in [1.82, 2.24) is 10.1 Å². The summed E-state index contributed by atoms with van der Waals surface area (Å²) in [6.45, 7) is 4.18. The Morgan fingerprint density at radius 1 is 1.12 bits per heavy atom. The van der Waals surface area contributed by atoms with E-state index in [9.17, 15) is 4.79 Å². The van der Waals surface area contributed by atoms with Gasteiger partial charge in [0.15, 0.2) is 5.58 Å². The molecular formula is C27H38ClN3O3. The van der Waals surface area contributed by atoms with E-state index < -0.39 is 0 Å². The summed E-state index contributed by atoms with van der Waals surface area (Å²) in [5.74, 6) is 1.38. The van der Waals surface area contributed by atoms with Crippen LogP contribution in [0.1, 0.15) is 75.8 Å². The summed E-state index contributed by atoms with van der Waals surface area (Å²) < 4.78 is 11.5. The lowest BCUT2D eigenvalue weighted by Crippen LogP contribution is -2.43. The van der Waals surface area contributed by atoms with Gasteiger partial charge in [-0.1, -0.05) is 29.6 Å². The molecule has 6 nitrogen and oxygen atoms in total. The second-order valence-corrected chi connectivity index (χ2v) is 11.2. The molecule has 1 amide bonds. The Morgan fingerprint density at radius 3 is 2.62 bits per heavy atom. The number of carbonyl (C=O) groups is 1. The first kappa shape index (κ1) is 24.1. The number of hydrogen-bond donors (Lipinski definition) is 1. The van der Waals surface area contributed by atoms with Crippen molar-refractivity contribution in [2.24, 2.45) is 23.5 Å². The van der Waals surface area contributed by atoms with Crippen LogP contribution in [0.2, 0.25) is 5.02 Å². The summed E-state index contributed by atoms with van der Waals surface area (Å²) in [7, 11) is 0. The molecule has 2 unspecified atom stereocenters. The van der Waals surface area contributed by atoms with Gasteiger partial charge in [-0.3, -0.25) is 4.79 Å². The molecule has 7 heteroatoms. The van der Waals surface area contributed by atoms with Crippen LogP contribution in [-0.4, -0.2) is 48.3 Å². The zero-order valence-corrected chi connectivity index (χ0v) is 20.8. The molecule has 0 bridgehead atoms. The third kappa shape index (κ3) is 5.44. The van der Waals surface area contributed by atoms with Crippen molar-refractivity contribution in [3.8, 4) is 0 Å². The number of likely N-dealkylation sites (tertiary alicyclic amines) is 1. The fraction of sp³-hybridized carbons (Fsp3) is 0.704. The number of nitrogens with two attached hydrogens (primary N) is 1. The van der Waals surface area contributed by atoms with E-state index in [2.05, 4.69) is 10.1 Å². The first-order valence-electron chi connectivity index (χ1n) is 13.3. The average molecular weight is 488 g/mol. The third-order valence-corrected chi connectivity index (χ3v) is 8.87. The molecule has 0 radical (unpaired) electrons. The summed E-state index contributed by atoms with van der Waals surface area (Å²) in [5.41, 5.74) is 7.71. The number of benzene rings is 1. The maximum absolute atomic E-state index is 12.2. The second-order valence-electron chi connectivity index (χ2n) is 10.7. The van der Waals surface area contributed by atoms with Crippen molar-refractivity contribution in [2.45, 2.75) is 76.2 Å². The van der Waals surface area contributed by atoms with E-state index in [4.69, 9.17) is 26.6 Å². The Bertz CT molecular complexity index is 957. The number of rotatable bonds is 7. The van der Waals surface area contributed by atoms with Crippen LogP contribution in [0.15, 0.2) is 22.7 Å². The second kappa shape index (κ2) is 11.0. The number of aromatic nitrogens is 1. The number of amides is 1. The van der Waals surface area contributed by atoms with Crippen molar-refractivity contribution in [3.63, 3.8) is 0 Å². The van der Waals surface area contributed by atoms with Gasteiger partial charge in [-0.2, -0.15) is 0 Å². The Hall–Kier alpha value is -1.63. The molecule has 3 heterocycles. The maximum atomic E-state index is 12.2. The molecule has 2 N–H and O–H groups in total. The standard InChI is InChI=1S/C27H38ClN3O3/c28-21-8-9-22-24(17-21)34-30-26(22)20-11-14-31(15-12-20)13-10-18-4-6-19(7-5-18)25(27(29)32)23-3-1-2-16-33-23/h8-9,17-20,23,25H,1-7,10-16H2,(H2,29,32).